The Kier molecular flexibility index (Phi) is 6.78. The molecule has 10 heteroatoms. The lowest BCUT2D eigenvalue weighted by molar-refractivity contribution is -0.122. The molecule has 4 amide bonds. The Labute approximate surface area is 220 Å². The molecule has 0 unspecified atom stereocenters. The molecule has 3 N–H and O–H groups in total. The van der Waals surface area contributed by atoms with Crippen molar-refractivity contribution in [2.24, 2.45) is 11.1 Å². The van der Waals surface area contributed by atoms with Crippen molar-refractivity contribution in [1.82, 2.24) is 20.4 Å². The van der Waals surface area contributed by atoms with Crippen LogP contribution in [0.1, 0.15) is 39.9 Å². The average Bonchev–Trinajstić information content (AvgIpc) is 3.38. The molecule has 1 atom stereocenters. The second-order valence-electron chi connectivity index (χ2n) is 9.89. The lowest BCUT2D eigenvalue weighted by Gasteiger charge is -2.29. The molecule has 0 radical (unpaired) electrons. The zero-order valence-electron chi connectivity index (χ0n) is 21.3. The molecule has 2 aromatic carbocycles. The highest BCUT2D eigenvalue weighted by Crippen LogP contribution is 2.28. The molecule has 0 saturated carbocycles. The van der Waals surface area contributed by atoms with Crippen LogP contribution >= 0.6 is 0 Å². The highest BCUT2D eigenvalue weighted by atomic mass is 16.5. The fourth-order valence-electron chi connectivity index (χ4n) is 5.17. The van der Waals surface area contributed by atoms with Crippen molar-refractivity contribution in [1.29, 1.82) is 0 Å². The minimum Gasteiger partial charge on any atom is -0.497 e. The highest BCUT2D eigenvalue weighted by molar-refractivity contribution is 6.10. The van der Waals surface area contributed by atoms with Crippen molar-refractivity contribution in [2.45, 2.75) is 24.9 Å². The molecule has 0 aliphatic carbocycles. The van der Waals surface area contributed by atoms with Gasteiger partial charge in [-0.3, -0.25) is 14.9 Å². The van der Waals surface area contributed by atoms with Gasteiger partial charge in [0.2, 0.25) is 5.54 Å². The number of ether oxygens (including phenoxy) is 1. The van der Waals surface area contributed by atoms with Gasteiger partial charge >= 0.3 is 6.03 Å². The Hall–Kier alpha value is -4.36. The number of nitrogens with one attached hydrogen (secondary N) is 2. The third-order valence-corrected chi connectivity index (χ3v) is 7.38. The van der Waals surface area contributed by atoms with Gasteiger partial charge in [0.1, 0.15) is 5.75 Å². The smallest absolute Gasteiger partial charge is 0.323 e. The van der Waals surface area contributed by atoms with Crippen LogP contribution in [0.5, 0.6) is 5.75 Å². The Morgan fingerprint density at radius 2 is 1.89 bits per heavy atom. The summed E-state index contributed by atoms with van der Waals surface area (Å²) in [5.41, 5.74) is 1.79. The summed E-state index contributed by atoms with van der Waals surface area (Å²) in [6.07, 6.45) is 1.83. The fourth-order valence-corrected chi connectivity index (χ4v) is 5.17. The molecule has 196 valence electrons. The van der Waals surface area contributed by atoms with E-state index in [4.69, 9.17) is 4.74 Å². The summed E-state index contributed by atoms with van der Waals surface area (Å²) in [4.78, 5) is 41.8. The zero-order chi connectivity index (χ0) is 26.9. The predicted molar refractivity (Wildman–Crippen MR) is 139 cm³/mol. The van der Waals surface area contributed by atoms with Gasteiger partial charge in [0.25, 0.3) is 11.8 Å². The Bertz CT molecular complexity index is 1370. The summed E-state index contributed by atoms with van der Waals surface area (Å²) >= 11 is 0. The quantitative estimate of drug-likeness (QED) is 0.184. The number of piperidine rings is 1. The molecular formula is C28H29N5O5. The van der Waals surface area contributed by atoms with Crippen LogP contribution in [0.15, 0.2) is 47.6 Å². The van der Waals surface area contributed by atoms with Crippen molar-refractivity contribution in [3.8, 4) is 17.6 Å². The fraction of sp³-hybridized carbons (Fsp3) is 0.357. The van der Waals surface area contributed by atoms with Crippen LogP contribution < -0.4 is 15.4 Å². The molecule has 2 fully saturated rings. The average molecular weight is 516 g/mol. The van der Waals surface area contributed by atoms with E-state index in [2.05, 4.69) is 39.6 Å². The SMILES string of the molecule is COc1ccc2c(c1)C(=O)N(C[C@@]1(C#Cc3ccc(/C(=N\O)C4CCN(C)CC4)cc3)NC(=O)NC1=O)C2. The number of urea groups is 1. The maximum atomic E-state index is 13.1. The van der Waals surface area contributed by atoms with E-state index in [1.165, 1.54) is 12.0 Å². The van der Waals surface area contributed by atoms with Crippen molar-refractivity contribution >= 4 is 23.6 Å². The van der Waals surface area contributed by atoms with E-state index < -0.39 is 17.5 Å². The third kappa shape index (κ3) is 4.80. The molecule has 38 heavy (non-hydrogen) atoms. The second-order valence-corrected chi connectivity index (χ2v) is 9.89. The number of carbonyl (C=O) groups excluding carboxylic acids is 3. The van der Waals surface area contributed by atoms with Crippen LogP contribution in [0.3, 0.4) is 0 Å². The standard InChI is InChI=1S/C28H29N5O5/c1-32-13-10-20(11-14-32)24(31-37)19-5-3-18(4-6-19)9-12-28(26(35)29-27(36)30-28)17-33-16-21-7-8-22(38-2)15-23(21)25(33)34/h3-8,15,20,37H,10-11,13-14,16-17H2,1-2H3,(H2,29,30,35,36)/b31-24+/t28-/m1/s1. The van der Waals surface area contributed by atoms with Crippen molar-refractivity contribution in [3.05, 3.63) is 64.7 Å². The lowest BCUT2D eigenvalue weighted by atomic mass is 9.88. The van der Waals surface area contributed by atoms with Gasteiger partial charge in [-0.1, -0.05) is 35.2 Å². The van der Waals surface area contributed by atoms with E-state index in [9.17, 15) is 19.6 Å². The Morgan fingerprint density at radius 3 is 2.53 bits per heavy atom. The van der Waals surface area contributed by atoms with Crippen molar-refractivity contribution < 1.29 is 24.3 Å². The van der Waals surface area contributed by atoms with Gasteiger partial charge in [-0.25, -0.2) is 4.79 Å². The Morgan fingerprint density at radius 1 is 1.16 bits per heavy atom. The first-order chi connectivity index (χ1) is 18.3. The molecule has 2 aromatic rings. The summed E-state index contributed by atoms with van der Waals surface area (Å²) in [5, 5.41) is 18.1. The summed E-state index contributed by atoms with van der Waals surface area (Å²) in [7, 11) is 3.61. The maximum absolute atomic E-state index is 13.1. The van der Waals surface area contributed by atoms with E-state index in [1.807, 2.05) is 18.2 Å². The minimum absolute atomic E-state index is 0.108. The van der Waals surface area contributed by atoms with Gasteiger partial charge in [-0.2, -0.15) is 0 Å². The van der Waals surface area contributed by atoms with Crippen LogP contribution in [0.25, 0.3) is 0 Å². The topological polar surface area (TPSA) is 124 Å². The molecule has 5 rings (SSSR count). The van der Waals surface area contributed by atoms with Crippen molar-refractivity contribution in [3.63, 3.8) is 0 Å². The van der Waals surface area contributed by atoms with Gasteiger partial charge in [0.15, 0.2) is 0 Å². The number of carbonyl (C=O) groups is 3. The largest absolute Gasteiger partial charge is 0.497 e. The molecule has 2 saturated heterocycles. The van der Waals surface area contributed by atoms with Crippen LogP contribution in [0, 0.1) is 17.8 Å². The number of fused-ring (bicyclic) bond motifs is 1. The molecule has 0 bridgehead atoms. The number of amides is 4. The van der Waals surface area contributed by atoms with E-state index in [1.54, 1.807) is 24.3 Å². The number of nitrogens with zero attached hydrogens (tertiary/aromatic N) is 3. The first-order valence-corrected chi connectivity index (χ1v) is 12.5. The molecular weight excluding hydrogens is 486 g/mol. The van der Waals surface area contributed by atoms with E-state index >= 15 is 0 Å². The summed E-state index contributed by atoms with van der Waals surface area (Å²) in [5.74, 6) is 5.78. The number of oxime groups is 1. The van der Waals surface area contributed by atoms with Crippen LogP contribution in [0.2, 0.25) is 0 Å². The van der Waals surface area contributed by atoms with Gasteiger partial charge in [-0.15, -0.1) is 0 Å². The molecule has 0 aromatic heterocycles. The number of methoxy groups -OCH3 is 1. The van der Waals surface area contributed by atoms with Gasteiger partial charge < -0.3 is 25.1 Å². The first-order valence-electron chi connectivity index (χ1n) is 12.5. The van der Waals surface area contributed by atoms with Crippen molar-refractivity contribution in [2.75, 3.05) is 33.8 Å². The van der Waals surface area contributed by atoms with E-state index in [-0.39, 0.29) is 18.4 Å². The second kappa shape index (κ2) is 10.2. The molecule has 10 nitrogen and oxygen atoms in total. The molecule has 3 aliphatic heterocycles. The molecule has 3 aliphatic rings. The summed E-state index contributed by atoms with van der Waals surface area (Å²) in [6.45, 7) is 2.07. The minimum atomic E-state index is -1.59. The highest BCUT2D eigenvalue weighted by Gasteiger charge is 2.48. The number of hydrogen-bond donors (Lipinski definition) is 3. The lowest BCUT2D eigenvalue weighted by Crippen LogP contribution is -2.54. The maximum Gasteiger partial charge on any atom is 0.323 e. The third-order valence-electron chi connectivity index (χ3n) is 7.38. The first kappa shape index (κ1) is 25.3. The number of benzene rings is 2. The van der Waals surface area contributed by atoms with E-state index in [0.29, 0.717) is 29.1 Å². The predicted octanol–water partition coefficient (Wildman–Crippen LogP) is 1.80. The monoisotopic (exact) mass is 515 g/mol. The number of rotatable bonds is 5. The summed E-state index contributed by atoms with van der Waals surface area (Å²) < 4.78 is 5.23. The number of hydrogen-bond acceptors (Lipinski definition) is 7. The van der Waals surface area contributed by atoms with Crippen LogP contribution in [-0.4, -0.2) is 77.9 Å². The summed E-state index contributed by atoms with van der Waals surface area (Å²) in [6, 6.07) is 11.8. The van der Waals surface area contributed by atoms with Gasteiger partial charge in [0, 0.05) is 23.6 Å². The number of likely N-dealkylation sites (tertiary alicyclic amines) is 1. The van der Waals surface area contributed by atoms with Crippen LogP contribution in [-0.2, 0) is 11.3 Å². The molecule has 3 heterocycles. The Balaban J connectivity index is 1.36. The van der Waals surface area contributed by atoms with Gasteiger partial charge in [-0.05, 0) is 68.4 Å². The number of imide groups is 1. The van der Waals surface area contributed by atoms with Gasteiger partial charge in [0.05, 0.1) is 19.4 Å². The molecule has 0 spiro atoms. The van der Waals surface area contributed by atoms with Crippen LogP contribution in [0.4, 0.5) is 4.79 Å². The van der Waals surface area contributed by atoms with E-state index in [0.717, 1.165) is 37.1 Å². The normalized spacial score (nSPS) is 22.0. The zero-order valence-corrected chi connectivity index (χ0v) is 21.3.